The molecule has 2 aromatic heterocycles. The fourth-order valence-electron chi connectivity index (χ4n) is 1.10. The zero-order chi connectivity index (χ0) is 10.1. The lowest BCUT2D eigenvalue weighted by atomic mass is 10.5. The number of rotatable bonds is 2. The predicted molar refractivity (Wildman–Crippen MR) is 47.3 cm³/mol. The van der Waals surface area contributed by atoms with Gasteiger partial charge in [-0.05, 0) is 0 Å². The van der Waals surface area contributed by atoms with Crippen LogP contribution in [0.5, 0.6) is 0 Å². The number of nitrogens with zero attached hydrogens (tertiary/aromatic N) is 4. The minimum absolute atomic E-state index is 0.00986. The Morgan fingerprint density at radius 1 is 1.57 bits per heavy atom. The van der Waals surface area contributed by atoms with Gasteiger partial charge in [0.25, 0.3) is 0 Å². The van der Waals surface area contributed by atoms with Gasteiger partial charge in [0.2, 0.25) is 0 Å². The summed E-state index contributed by atoms with van der Waals surface area (Å²) in [6, 6.07) is 1.77. The summed E-state index contributed by atoms with van der Waals surface area (Å²) in [5, 5.41) is 12.7. The molecular formula is C8H8N4O2. The lowest BCUT2D eigenvalue weighted by Crippen LogP contribution is -1.96. The average Bonchev–Trinajstić information content (AvgIpc) is 2.70. The fraction of sp³-hybridized carbons (Fsp3) is 0.125. The molecule has 6 nitrogen and oxygen atoms in total. The van der Waals surface area contributed by atoms with Gasteiger partial charge in [-0.15, -0.1) is 0 Å². The molecule has 2 rings (SSSR count). The number of aromatic carboxylic acids is 1. The van der Waals surface area contributed by atoms with E-state index in [1.165, 1.54) is 12.5 Å². The van der Waals surface area contributed by atoms with Crippen LogP contribution in [0.4, 0.5) is 0 Å². The number of hydrogen-bond acceptors (Lipinski definition) is 3. The topological polar surface area (TPSA) is 72.9 Å². The maximum atomic E-state index is 10.5. The average molecular weight is 192 g/mol. The molecule has 2 aromatic rings. The highest BCUT2D eigenvalue weighted by Crippen LogP contribution is 2.04. The van der Waals surface area contributed by atoms with Gasteiger partial charge >= 0.3 is 5.97 Å². The Morgan fingerprint density at radius 3 is 2.86 bits per heavy atom. The van der Waals surface area contributed by atoms with Crippen molar-refractivity contribution in [3.63, 3.8) is 0 Å². The lowest BCUT2D eigenvalue weighted by molar-refractivity contribution is 0.0691. The quantitative estimate of drug-likeness (QED) is 0.742. The Bertz CT molecular complexity index is 471. The molecule has 14 heavy (non-hydrogen) atoms. The van der Waals surface area contributed by atoms with Gasteiger partial charge in [0.05, 0.1) is 0 Å². The highest BCUT2D eigenvalue weighted by molar-refractivity contribution is 5.85. The normalized spacial score (nSPS) is 10.4. The van der Waals surface area contributed by atoms with Crippen molar-refractivity contribution < 1.29 is 9.90 Å². The first kappa shape index (κ1) is 8.49. The summed E-state index contributed by atoms with van der Waals surface area (Å²) >= 11 is 0. The Kier molecular flexibility index (Phi) is 1.81. The second-order valence-electron chi connectivity index (χ2n) is 2.82. The molecule has 0 amide bonds. The summed E-state index contributed by atoms with van der Waals surface area (Å²) in [4.78, 5) is 14.3. The van der Waals surface area contributed by atoms with E-state index < -0.39 is 5.97 Å². The third-order valence-corrected chi connectivity index (χ3v) is 1.77. The second kappa shape index (κ2) is 2.99. The third-order valence-electron chi connectivity index (χ3n) is 1.77. The van der Waals surface area contributed by atoms with Gasteiger partial charge in [0.1, 0.15) is 6.33 Å². The molecule has 0 spiro atoms. The maximum Gasteiger partial charge on any atom is 0.356 e. The van der Waals surface area contributed by atoms with Crippen LogP contribution >= 0.6 is 0 Å². The predicted octanol–water partition coefficient (Wildman–Crippen LogP) is 0.304. The molecule has 0 aromatic carbocycles. The van der Waals surface area contributed by atoms with Crippen molar-refractivity contribution in [3.05, 3.63) is 30.5 Å². The molecule has 0 atom stereocenters. The van der Waals surface area contributed by atoms with E-state index in [0.717, 1.165) is 0 Å². The summed E-state index contributed by atoms with van der Waals surface area (Å²) in [6.45, 7) is 0. The molecule has 0 fully saturated rings. The van der Waals surface area contributed by atoms with E-state index in [9.17, 15) is 4.79 Å². The Labute approximate surface area is 79.4 Å². The maximum absolute atomic E-state index is 10.5. The largest absolute Gasteiger partial charge is 0.476 e. The van der Waals surface area contributed by atoms with E-state index in [0.29, 0.717) is 5.82 Å². The Balaban J connectivity index is 2.38. The van der Waals surface area contributed by atoms with Gasteiger partial charge < -0.3 is 5.11 Å². The van der Waals surface area contributed by atoms with Gasteiger partial charge in [0, 0.05) is 25.5 Å². The van der Waals surface area contributed by atoms with E-state index >= 15 is 0 Å². The van der Waals surface area contributed by atoms with Gasteiger partial charge in [-0.2, -0.15) is 5.10 Å². The molecule has 2 heterocycles. The van der Waals surface area contributed by atoms with Crippen LogP contribution in [-0.2, 0) is 7.05 Å². The SMILES string of the molecule is Cn1ccc(-n2cnc(C(=O)O)c2)n1. The van der Waals surface area contributed by atoms with Crippen LogP contribution in [-0.4, -0.2) is 30.4 Å². The number of carboxylic acids is 1. The van der Waals surface area contributed by atoms with Gasteiger partial charge in [-0.1, -0.05) is 0 Å². The van der Waals surface area contributed by atoms with Crippen LogP contribution < -0.4 is 0 Å². The summed E-state index contributed by atoms with van der Waals surface area (Å²) in [5.74, 6) is -0.396. The fourth-order valence-corrected chi connectivity index (χ4v) is 1.10. The molecule has 0 saturated carbocycles. The first-order valence-corrected chi connectivity index (χ1v) is 3.94. The number of carbonyl (C=O) groups is 1. The molecule has 6 heteroatoms. The minimum Gasteiger partial charge on any atom is -0.476 e. The van der Waals surface area contributed by atoms with E-state index in [1.807, 2.05) is 0 Å². The zero-order valence-corrected chi connectivity index (χ0v) is 7.45. The number of hydrogen-bond donors (Lipinski definition) is 1. The highest BCUT2D eigenvalue weighted by Gasteiger charge is 2.08. The van der Waals surface area contributed by atoms with Crippen LogP contribution in [0.25, 0.3) is 5.82 Å². The third kappa shape index (κ3) is 1.37. The summed E-state index contributed by atoms with van der Waals surface area (Å²) in [5.41, 5.74) is 0.00986. The number of aryl methyl sites for hydroxylation is 1. The standard InChI is InChI=1S/C8H8N4O2/c1-11-3-2-7(10-11)12-4-6(8(13)14)9-5-12/h2-5H,1H3,(H,13,14). The van der Waals surface area contributed by atoms with Crippen molar-refractivity contribution in [1.82, 2.24) is 19.3 Å². The second-order valence-corrected chi connectivity index (χ2v) is 2.82. The van der Waals surface area contributed by atoms with Crippen LogP contribution in [0, 0.1) is 0 Å². The Hall–Kier alpha value is -2.11. The summed E-state index contributed by atoms with van der Waals surface area (Å²) < 4.78 is 3.19. The monoisotopic (exact) mass is 192 g/mol. The van der Waals surface area contributed by atoms with Gasteiger partial charge in [0.15, 0.2) is 11.5 Å². The van der Waals surface area contributed by atoms with Crippen LogP contribution in [0.2, 0.25) is 0 Å². The molecule has 72 valence electrons. The van der Waals surface area contributed by atoms with Gasteiger partial charge in [-0.3, -0.25) is 9.25 Å². The minimum atomic E-state index is -1.04. The van der Waals surface area contributed by atoms with E-state index in [2.05, 4.69) is 10.1 Å². The molecule has 1 N–H and O–H groups in total. The van der Waals surface area contributed by atoms with Crippen molar-refractivity contribution in [3.8, 4) is 5.82 Å². The van der Waals surface area contributed by atoms with Crippen LogP contribution in [0.3, 0.4) is 0 Å². The van der Waals surface area contributed by atoms with E-state index in [4.69, 9.17) is 5.11 Å². The first-order valence-electron chi connectivity index (χ1n) is 3.94. The first-order chi connectivity index (χ1) is 6.66. The van der Waals surface area contributed by atoms with Crippen molar-refractivity contribution in [2.45, 2.75) is 0 Å². The van der Waals surface area contributed by atoms with E-state index in [1.54, 1.807) is 28.6 Å². The number of imidazole rings is 1. The number of carboxylic acid groups (broad SMARTS) is 1. The molecule has 0 saturated heterocycles. The summed E-state index contributed by atoms with van der Waals surface area (Å²) in [6.07, 6.45) is 4.62. The van der Waals surface area contributed by atoms with Crippen molar-refractivity contribution in [2.24, 2.45) is 7.05 Å². The molecule has 0 aliphatic carbocycles. The molecule has 0 aliphatic rings. The van der Waals surface area contributed by atoms with Gasteiger partial charge in [-0.25, -0.2) is 9.78 Å². The zero-order valence-electron chi connectivity index (χ0n) is 7.45. The summed E-state index contributed by atoms with van der Waals surface area (Å²) in [7, 11) is 1.79. The molecule has 0 bridgehead atoms. The van der Waals surface area contributed by atoms with Crippen molar-refractivity contribution in [1.29, 1.82) is 0 Å². The van der Waals surface area contributed by atoms with Crippen molar-refractivity contribution in [2.75, 3.05) is 0 Å². The Morgan fingerprint density at radius 2 is 2.36 bits per heavy atom. The number of aromatic nitrogens is 4. The molecule has 0 aliphatic heterocycles. The smallest absolute Gasteiger partial charge is 0.356 e. The van der Waals surface area contributed by atoms with Crippen LogP contribution in [0.1, 0.15) is 10.5 Å². The highest BCUT2D eigenvalue weighted by atomic mass is 16.4. The molecule has 0 radical (unpaired) electrons. The van der Waals surface area contributed by atoms with Crippen molar-refractivity contribution >= 4 is 5.97 Å². The molecule has 0 unspecified atom stereocenters. The van der Waals surface area contributed by atoms with E-state index in [-0.39, 0.29) is 5.69 Å². The molecular weight excluding hydrogens is 184 g/mol. The lowest BCUT2D eigenvalue weighted by Gasteiger charge is -1.93. The van der Waals surface area contributed by atoms with Crippen LogP contribution in [0.15, 0.2) is 24.8 Å².